The summed E-state index contributed by atoms with van der Waals surface area (Å²) in [5.41, 5.74) is 2.69. The number of benzene rings is 1. The molecule has 0 amide bonds. The molecule has 2 nitrogen and oxygen atoms in total. The van der Waals surface area contributed by atoms with Crippen LogP contribution in [0, 0.1) is 5.92 Å². The van der Waals surface area contributed by atoms with Crippen LogP contribution in [0.4, 0.5) is 5.69 Å². The van der Waals surface area contributed by atoms with Gasteiger partial charge in [0.2, 0.25) is 0 Å². The van der Waals surface area contributed by atoms with Crippen molar-refractivity contribution in [3.05, 3.63) is 29.8 Å². The summed E-state index contributed by atoms with van der Waals surface area (Å²) >= 11 is 0. The lowest BCUT2D eigenvalue weighted by atomic mass is 10.0. The van der Waals surface area contributed by atoms with Crippen LogP contribution in [0.3, 0.4) is 0 Å². The second-order valence-corrected chi connectivity index (χ2v) is 4.47. The number of nitrogens with one attached hydrogen (secondary N) is 1. The summed E-state index contributed by atoms with van der Waals surface area (Å²) in [6.45, 7) is 5.10. The minimum absolute atomic E-state index is 0.679. The molecule has 1 atom stereocenters. The summed E-state index contributed by atoms with van der Waals surface area (Å²) in [4.78, 5) is 0. The minimum Gasteiger partial charge on any atom is -0.384 e. The average Bonchev–Trinajstić information content (AvgIpc) is 2.38. The van der Waals surface area contributed by atoms with E-state index < -0.39 is 0 Å². The normalized spacial score (nSPS) is 20.7. The number of anilines is 1. The summed E-state index contributed by atoms with van der Waals surface area (Å²) in [6.07, 6.45) is 3.59. The summed E-state index contributed by atoms with van der Waals surface area (Å²) in [5, 5.41) is 3.55. The van der Waals surface area contributed by atoms with Gasteiger partial charge in [-0.25, -0.2) is 0 Å². The SMILES string of the molecule is CCc1ccccc1NCC1CCCOC1. The van der Waals surface area contributed by atoms with Crippen molar-refractivity contribution in [2.45, 2.75) is 26.2 Å². The highest BCUT2D eigenvalue weighted by Crippen LogP contribution is 2.18. The molecule has 1 heterocycles. The van der Waals surface area contributed by atoms with Crippen LogP contribution in [-0.2, 0) is 11.2 Å². The maximum atomic E-state index is 5.49. The van der Waals surface area contributed by atoms with Crippen molar-refractivity contribution in [2.75, 3.05) is 25.1 Å². The zero-order valence-corrected chi connectivity index (χ0v) is 10.0. The lowest BCUT2D eigenvalue weighted by molar-refractivity contribution is 0.0595. The molecule has 1 aliphatic rings. The molecule has 1 aliphatic heterocycles. The molecular formula is C14H21NO. The topological polar surface area (TPSA) is 21.3 Å². The van der Waals surface area contributed by atoms with Gasteiger partial charge in [-0.2, -0.15) is 0 Å². The van der Waals surface area contributed by atoms with Crippen molar-refractivity contribution in [1.29, 1.82) is 0 Å². The van der Waals surface area contributed by atoms with Crippen LogP contribution in [0.15, 0.2) is 24.3 Å². The van der Waals surface area contributed by atoms with Crippen LogP contribution in [0.5, 0.6) is 0 Å². The lowest BCUT2D eigenvalue weighted by Crippen LogP contribution is -2.24. The first kappa shape index (κ1) is 11.5. The van der Waals surface area contributed by atoms with Crippen LogP contribution in [-0.4, -0.2) is 19.8 Å². The zero-order chi connectivity index (χ0) is 11.2. The van der Waals surface area contributed by atoms with E-state index in [-0.39, 0.29) is 0 Å². The molecule has 1 aromatic carbocycles. The Balaban J connectivity index is 1.88. The summed E-state index contributed by atoms with van der Waals surface area (Å²) in [6, 6.07) is 8.56. The molecule has 1 unspecified atom stereocenters. The maximum Gasteiger partial charge on any atom is 0.0511 e. The standard InChI is InChI=1S/C14H21NO/c1-2-13-7-3-4-8-14(13)15-10-12-6-5-9-16-11-12/h3-4,7-8,12,15H,2,5-6,9-11H2,1H3. The third-order valence-corrected chi connectivity index (χ3v) is 3.23. The van der Waals surface area contributed by atoms with E-state index in [2.05, 4.69) is 36.5 Å². The van der Waals surface area contributed by atoms with Gasteiger partial charge < -0.3 is 10.1 Å². The van der Waals surface area contributed by atoms with Crippen LogP contribution in [0.1, 0.15) is 25.3 Å². The van der Waals surface area contributed by atoms with Crippen LogP contribution in [0.25, 0.3) is 0 Å². The molecule has 0 radical (unpaired) electrons. The van der Waals surface area contributed by atoms with Gasteiger partial charge >= 0.3 is 0 Å². The Morgan fingerprint density at radius 2 is 2.25 bits per heavy atom. The number of para-hydroxylation sites is 1. The lowest BCUT2D eigenvalue weighted by Gasteiger charge is -2.23. The molecule has 0 bridgehead atoms. The van der Waals surface area contributed by atoms with E-state index in [1.165, 1.54) is 24.1 Å². The Hall–Kier alpha value is -1.02. The van der Waals surface area contributed by atoms with E-state index in [0.29, 0.717) is 5.92 Å². The smallest absolute Gasteiger partial charge is 0.0511 e. The molecule has 1 aromatic rings. The first-order valence-corrected chi connectivity index (χ1v) is 6.29. The zero-order valence-electron chi connectivity index (χ0n) is 10.0. The van der Waals surface area contributed by atoms with Gasteiger partial charge in [0, 0.05) is 18.8 Å². The minimum atomic E-state index is 0.679. The monoisotopic (exact) mass is 219 g/mol. The molecule has 16 heavy (non-hydrogen) atoms. The Bertz CT molecular complexity index is 318. The Morgan fingerprint density at radius 3 is 3.00 bits per heavy atom. The molecule has 2 heteroatoms. The van der Waals surface area contributed by atoms with Gasteiger partial charge in [-0.3, -0.25) is 0 Å². The highest BCUT2D eigenvalue weighted by Gasteiger charge is 2.13. The van der Waals surface area contributed by atoms with Gasteiger partial charge in [-0.05, 0) is 36.8 Å². The molecule has 1 saturated heterocycles. The fraction of sp³-hybridized carbons (Fsp3) is 0.571. The Kier molecular flexibility index (Phi) is 4.23. The summed E-state index contributed by atoms with van der Waals surface area (Å²) in [5.74, 6) is 0.679. The molecular weight excluding hydrogens is 198 g/mol. The van der Waals surface area contributed by atoms with E-state index in [9.17, 15) is 0 Å². The number of hydrogen-bond acceptors (Lipinski definition) is 2. The van der Waals surface area contributed by atoms with Crippen molar-refractivity contribution in [3.63, 3.8) is 0 Å². The van der Waals surface area contributed by atoms with Gasteiger partial charge in [0.15, 0.2) is 0 Å². The van der Waals surface area contributed by atoms with Crippen LogP contribution in [0.2, 0.25) is 0 Å². The molecule has 1 fully saturated rings. The number of ether oxygens (including phenoxy) is 1. The second-order valence-electron chi connectivity index (χ2n) is 4.47. The van der Waals surface area contributed by atoms with Crippen LogP contribution >= 0.6 is 0 Å². The number of hydrogen-bond donors (Lipinski definition) is 1. The van der Waals surface area contributed by atoms with Gasteiger partial charge in [0.1, 0.15) is 0 Å². The van der Waals surface area contributed by atoms with E-state index >= 15 is 0 Å². The third kappa shape index (κ3) is 2.99. The van der Waals surface area contributed by atoms with E-state index in [0.717, 1.165) is 26.2 Å². The Morgan fingerprint density at radius 1 is 1.38 bits per heavy atom. The fourth-order valence-corrected chi connectivity index (χ4v) is 2.22. The molecule has 1 N–H and O–H groups in total. The van der Waals surface area contributed by atoms with Crippen molar-refractivity contribution in [3.8, 4) is 0 Å². The Labute approximate surface area is 98.0 Å². The highest BCUT2D eigenvalue weighted by atomic mass is 16.5. The van der Waals surface area contributed by atoms with Crippen molar-refractivity contribution in [2.24, 2.45) is 5.92 Å². The van der Waals surface area contributed by atoms with Gasteiger partial charge in [0.25, 0.3) is 0 Å². The van der Waals surface area contributed by atoms with Gasteiger partial charge in [-0.1, -0.05) is 25.1 Å². The molecule has 0 aliphatic carbocycles. The van der Waals surface area contributed by atoms with Gasteiger partial charge in [0.05, 0.1) is 6.61 Å². The highest BCUT2D eigenvalue weighted by molar-refractivity contribution is 5.51. The van der Waals surface area contributed by atoms with Crippen molar-refractivity contribution >= 4 is 5.69 Å². The van der Waals surface area contributed by atoms with E-state index in [1.54, 1.807) is 0 Å². The predicted molar refractivity (Wildman–Crippen MR) is 67.9 cm³/mol. The van der Waals surface area contributed by atoms with Crippen molar-refractivity contribution in [1.82, 2.24) is 0 Å². The molecule has 0 aromatic heterocycles. The van der Waals surface area contributed by atoms with Crippen molar-refractivity contribution < 1.29 is 4.74 Å². The molecule has 0 saturated carbocycles. The van der Waals surface area contributed by atoms with E-state index in [1.807, 2.05) is 0 Å². The van der Waals surface area contributed by atoms with Crippen LogP contribution < -0.4 is 5.32 Å². The summed E-state index contributed by atoms with van der Waals surface area (Å²) < 4.78 is 5.49. The number of rotatable bonds is 4. The van der Waals surface area contributed by atoms with E-state index in [4.69, 9.17) is 4.74 Å². The first-order valence-electron chi connectivity index (χ1n) is 6.29. The molecule has 88 valence electrons. The number of aryl methyl sites for hydroxylation is 1. The summed E-state index contributed by atoms with van der Waals surface area (Å²) in [7, 11) is 0. The largest absolute Gasteiger partial charge is 0.384 e. The predicted octanol–water partition coefficient (Wildman–Crippen LogP) is 3.09. The quantitative estimate of drug-likeness (QED) is 0.840. The molecule has 2 rings (SSSR count). The molecule has 0 spiro atoms. The fourth-order valence-electron chi connectivity index (χ4n) is 2.22. The first-order chi connectivity index (χ1) is 7.90. The average molecular weight is 219 g/mol. The second kappa shape index (κ2) is 5.90. The third-order valence-electron chi connectivity index (χ3n) is 3.23. The van der Waals surface area contributed by atoms with Gasteiger partial charge in [-0.15, -0.1) is 0 Å². The maximum absolute atomic E-state index is 5.49.